The summed E-state index contributed by atoms with van der Waals surface area (Å²) >= 11 is 0. The second-order valence-electron chi connectivity index (χ2n) is 5.15. The van der Waals surface area contributed by atoms with Crippen LogP contribution >= 0.6 is 0 Å². The van der Waals surface area contributed by atoms with Crippen LogP contribution in [0, 0.1) is 5.92 Å². The zero-order chi connectivity index (χ0) is 12.6. The maximum atomic E-state index is 10.9. The van der Waals surface area contributed by atoms with Gasteiger partial charge in [0.2, 0.25) is 0 Å². The van der Waals surface area contributed by atoms with E-state index in [0.717, 1.165) is 24.5 Å². The lowest BCUT2D eigenvalue weighted by molar-refractivity contribution is -0.141. The first-order valence-corrected chi connectivity index (χ1v) is 6.12. The summed E-state index contributed by atoms with van der Waals surface area (Å²) in [5.74, 6) is 1.46. The molecule has 2 atom stereocenters. The van der Waals surface area contributed by atoms with Crippen molar-refractivity contribution in [2.75, 3.05) is 0 Å². The number of carbonyl (C=O) groups is 1. The number of carboxylic acid groups (broad SMARTS) is 1. The van der Waals surface area contributed by atoms with Crippen LogP contribution in [-0.4, -0.2) is 25.8 Å². The smallest absolute Gasteiger partial charge is 0.306 e. The molecule has 94 valence electrons. The van der Waals surface area contributed by atoms with E-state index in [-0.39, 0.29) is 11.8 Å². The summed E-state index contributed by atoms with van der Waals surface area (Å²) in [5, 5.41) is 13.4. The van der Waals surface area contributed by atoms with Crippen LogP contribution in [0.5, 0.6) is 0 Å². The first-order chi connectivity index (χ1) is 7.99. The number of aromatic nitrogens is 3. The number of hydrogen-bond donors (Lipinski definition) is 1. The van der Waals surface area contributed by atoms with Crippen LogP contribution in [0.15, 0.2) is 0 Å². The van der Waals surface area contributed by atoms with Crippen molar-refractivity contribution in [1.82, 2.24) is 14.8 Å². The third-order valence-corrected chi connectivity index (χ3v) is 3.48. The highest BCUT2D eigenvalue weighted by Crippen LogP contribution is 2.37. The summed E-state index contributed by atoms with van der Waals surface area (Å²) < 4.78 is 1.81. The molecule has 1 aromatic heterocycles. The fourth-order valence-electron chi connectivity index (χ4n) is 2.46. The molecular weight excluding hydrogens is 218 g/mol. The van der Waals surface area contributed by atoms with Gasteiger partial charge in [0.05, 0.1) is 5.92 Å². The predicted molar refractivity (Wildman–Crippen MR) is 62.8 cm³/mol. The normalized spacial score (nSPS) is 24.5. The Bertz CT molecular complexity index is 425. The molecular formula is C12H19N3O2. The van der Waals surface area contributed by atoms with Crippen molar-refractivity contribution in [2.45, 2.75) is 44.9 Å². The molecule has 0 aromatic carbocycles. The average Bonchev–Trinajstić information content (AvgIpc) is 2.83. The van der Waals surface area contributed by atoms with Crippen molar-refractivity contribution in [3.63, 3.8) is 0 Å². The Balaban J connectivity index is 2.16. The van der Waals surface area contributed by atoms with E-state index in [1.165, 1.54) is 0 Å². The monoisotopic (exact) mass is 237 g/mol. The van der Waals surface area contributed by atoms with Gasteiger partial charge < -0.3 is 5.11 Å². The lowest BCUT2D eigenvalue weighted by atomic mass is 10.0. The van der Waals surface area contributed by atoms with Gasteiger partial charge in [-0.25, -0.2) is 4.98 Å². The fraction of sp³-hybridized carbons (Fsp3) is 0.750. The van der Waals surface area contributed by atoms with Crippen LogP contribution < -0.4 is 0 Å². The number of hydrogen-bond acceptors (Lipinski definition) is 3. The van der Waals surface area contributed by atoms with Gasteiger partial charge in [-0.1, -0.05) is 13.8 Å². The van der Waals surface area contributed by atoms with Crippen molar-refractivity contribution in [2.24, 2.45) is 13.0 Å². The van der Waals surface area contributed by atoms with E-state index in [1.54, 1.807) is 0 Å². The van der Waals surface area contributed by atoms with E-state index < -0.39 is 5.97 Å². The molecule has 1 fully saturated rings. The van der Waals surface area contributed by atoms with Gasteiger partial charge >= 0.3 is 5.97 Å². The predicted octanol–water partition coefficient (Wildman–Crippen LogP) is 1.91. The van der Waals surface area contributed by atoms with Gasteiger partial charge in [0.25, 0.3) is 0 Å². The van der Waals surface area contributed by atoms with E-state index in [0.29, 0.717) is 12.3 Å². The molecule has 1 N–H and O–H groups in total. The molecule has 0 bridgehead atoms. The van der Waals surface area contributed by atoms with Gasteiger partial charge in [-0.05, 0) is 19.3 Å². The minimum atomic E-state index is -0.682. The summed E-state index contributed by atoms with van der Waals surface area (Å²) in [6.07, 6.45) is 2.35. The van der Waals surface area contributed by atoms with Crippen molar-refractivity contribution >= 4 is 5.97 Å². The van der Waals surface area contributed by atoms with Crippen LogP contribution in [0.1, 0.15) is 56.6 Å². The van der Waals surface area contributed by atoms with E-state index >= 15 is 0 Å². The van der Waals surface area contributed by atoms with Gasteiger partial charge in [0.1, 0.15) is 5.82 Å². The lowest BCUT2D eigenvalue weighted by Crippen LogP contribution is -2.10. The summed E-state index contributed by atoms with van der Waals surface area (Å²) in [4.78, 5) is 15.5. The van der Waals surface area contributed by atoms with Gasteiger partial charge in [-0.2, -0.15) is 5.10 Å². The molecule has 0 amide bonds. The van der Waals surface area contributed by atoms with Crippen molar-refractivity contribution < 1.29 is 9.90 Å². The minimum Gasteiger partial charge on any atom is -0.481 e. The molecule has 0 spiro atoms. The molecule has 0 saturated heterocycles. The highest BCUT2D eigenvalue weighted by atomic mass is 16.4. The molecule has 1 aliphatic carbocycles. The Labute approximate surface area is 101 Å². The van der Waals surface area contributed by atoms with E-state index in [4.69, 9.17) is 5.11 Å². The molecule has 0 aliphatic heterocycles. The topological polar surface area (TPSA) is 68.0 Å². The van der Waals surface area contributed by atoms with Gasteiger partial charge in [0.15, 0.2) is 5.82 Å². The van der Waals surface area contributed by atoms with Crippen LogP contribution in [-0.2, 0) is 11.8 Å². The maximum absolute atomic E-state index is 10.9. The fourth-order valence-corrected chi connectivity index (χ4v) is 2.46. The minimum absolute atomic E-state index is 0.209. The third kappa shape index (κ3) is 2.33. The zero-order valence-electron chi connectivity index (χ0n) is 10.6. The van der Waals surface area contributed by atoms with E-state index in [1.807, 2.05) is 11.7 Å². The second kappa shape index (κ2) is 4.47. The van der Waals surface area contributed by atoms with Crippen LogP contribution in [0.4, 0.5) is 0 Å². The molecule has 17 heavy (non-hydrogen) atoms. The standard InChI is InChI=1S/C12H19N3O2/c1-7(2)10-13-11(15(3)14-10)8-4-5-9(6-8)12(16)17/h7-9H,4-6H2,1-3H3,(H,16,17). The number of aliphatic carboxylic acids is 1. The summed E-state index contributed by atoms with van der Waals surface area (Å²) in [5.41, 5.74) is 0. The molecule has 1 heterocycles. The maximum Gasteiger partial charge on any atom is 0.306 e. The van der Waals surface area contributed by atoms with E-state index in [9.17, 15) is 4.79 Å². The quantitative estimate of drug-likeness (QED) is 0.871. The Morgan fingerprint density at radius 2 is 2.18 bits per heavy atom. The summed E-state index contributed by atoms with van der Waals surface area (Å²) in [7, 11) is 1.89. The first-order valence-electron chi connectivity index (χ1n) is 6.12. The van der Waals surface area contributed by atoms with Crippen molar-refractivity contribution in [3.8, 4) is 0 Å². The molecule has 5 nitrogen and oxygen atoms in total. The molecule has 1 aliphatic rings. The zero-order valence-corrected chi connectivity index (χ0v) is 10.6. The molecule has 0 radical (unpaired) electrons. The van der Waals surface area contributed by atoms with Gasteiger partial charge in [-0.3, -0.25) is 9.48 Å². The van der Waals surface area contributed by atoms with E-state index in [2.05, 4.69) is 23.9 Å². The number of aryl methyl sites for hydroxylation is 1. The highest BCUT2D eigenvalue weighted by molar-refractivity contribution is 5.70. The van der Waals surface area contributed by atoms with Crippen molar-refractivity contribution in [3.05, 3.63) is 11.6 Å². The van der Waals surface area contributed by atoms with Crippen LogP contribution in [0.3, 0.4) is 0 Å². The Hall–Kier alpha value is -1.39. The largest absolute Gasteiger partial charge is 0.481 e. The number of nitrogens with zero attached hydrogens (tertiary/aromatic N) is 3. The molecule has 1 saturated carbocycles. The molecule has 2 unspecified atom stereocenters. The lowest BCUT2D eigenvalue weighted by Gasteiger charge is -2.07. The number of rotatable bonds is 3. The average molecular weight is 237 g/mol. The molecule has 5 heteroatoms. The Kier molecular flexibility index (Phi) is 3.17. The summed E-state index contributed by atoms with van der Waals surface area (Å²) in [6.45, 7) is 4.13. The van der Waals surface area contributed by atoms with Crippen LogP contribution in [0.25, 0.3) is 0 Å². The number of carboxylic acids is 1. The third-order valence-electron chi connectivity index (χ3n) is 3.48. The Morgan fingerprint density at radius 1 is 1.47 bits per heavy atom. The SMILES string of the molecule is CC(C)c1nc(C2CCC(C(=O)O)C2)n(C)n1. The second-order valence-corrected chi connectivity index (χ2v) is 5.15. The van der Waals surface area contributed by atoms with Crippen LogP contribution in [0.2, 0.25) is 0 Å². The molecule has 2 rings (SSSR count). The van der Waals surface area contributed by atoms with Gasteiger partial charge in [0, 0.05) is 18.9 Å². The Morgan fingerprint density at radius 3 is 2.65 bits per heavy atom. The van der Waals surface area contributed by atoms with Gasteiger partial charge in [-0.15, -0.1) is 0 Å². The first kappa shape index (κ1) is 12.1. The highest BCUT2D eigenvalue weighted by Gasteiger charge is 2.33. The summed E-state index contributed by atoms with van der Waals surface area (Å²) in [6, 6.07) is 0. The van der Waals surface area contributed by atoms with Crippen molar-refractivity contribution in [1.29, 1.82) is 0 Å². The molecule has 1 aromatic rings.